The van der Waals surface area contributed by atoms with Gasteiger partial charge in [0.25, 0.3) is 5.91 Å². The van der Waals surface area contributed by atoms with Crippen LogP contribution < -0.4 is 5.32 Å². The predicted molar refractivity (Wildman–Crippen MR) is 108 cm³/mol. The fraction of sp³-hybridized carbons (Fsp3) is 0.524. The van der Waals surface area contributed by atoms with E-state index in [-0.39, 0.29) is 30.0 Å². The van der Waals surface area contributed by atoms with Gasteiger partial charge in [0.1, 0.15) is 5.60 Å². The first-order valence-electron chi connectivity index (χ1n) is 9.72. The third kappa shape index (κ3) is 7.06. The number of carbonyl (C=O) groups is 4. The summed E-state index contributed by atoms with van der Waals surface area (Å²) in [4.78, 5) is 49.3. The van der Waals surface area contributed by atoms with Crippen LogP contribution in [0.5, 0.6) is 0 Å². The average Bonchev–Trinajstić information content (AvgIpc) is 2.70. The SMILES string of the molecule is COC(=O)C1CCN(C(=O)COC(=O)c2ccc(NC(=O)OC(C)(C)C)cc2)CC1. The van der Waals surface area contributed by atoms with Crippen LogP contribution >= 0.6 is 0 Å². The number of ether oxygens (including phenoxy) is 3. The fourth-order valence-electron chi connectivity index (χ4n) is 2.94. The Morgan fingerprint density at radius 1 is 1.07 bits per heavy atom. The molecule has 1 fully saturated rings. The maximum absolute atomic E-state index is 12.2. The Bertz CT molecular complexity index is 776. The van der Waals surface area contributed by atoms with Gasteiger partial charge in [0.05, 0.1) is 18.6 Å². The molecule has 1 N–H and O–H groups in total. The van der Waals surface area contributed by atoms with Crippen LogP contribution in [-0.4, -0.2) is 61.2 Å². The zero-order chi connectivity index (χ0) is 22.3. The van der Waals surface area contributed by atoms with Crippen molar-refractivity contribution in [3.05, 3.63) is 29.8 Å². The van der Waals surface area contributed by atoms with E-state index < -0.39 is 17.7 Å². The predicted octanol–water partition coefficient (Wildman–Crippen LogP) is 2.60. The van der Waals surface area contributed by atoms with Gasteiger partial charge in [-0.2, -0.15) is 0 Å². The van der Waals surface area contributed by atoms with E-state index in [4.69, 9.17) is 14.2 Å². The molecule has 30 heavy (non-hydrogen) atoms. The molecule has 0 radical (unpaired) electrons. The number of methoxy groups -OCH3 is 1. The van der Waals surface area contributed by atoms with Gasteiger partial charge in [-0.25, -0.2) is 9.59 Å². The molecular weight excluding hydrogens is 392 g/mol. The number of piperidine rings is 1. The molecule has 0 unspecified atom stereocenters. The average molecular weight is 420 g/mol. The molecule has 1 aromatic rings. The molecule has 2 rings (SSSR count). The molecule has 0 aliphatic carbocycles. The van der Waals surface area contributed by atoms with Crippen LogP contribution in [0.3, 0.4) is 0 Å². The number of hydrogen-bond donors (Lipinski definition) is 1. The largest absolute Gasteiger partial charge is 0.469 e. The van der Waals surface area contributed by atoms with Crippen molar-refractivity contribution >= 4 is 29.6 Å². The Kier molecular flexibility index (Phi) is 7.79. The van der Waals surface area contributed by atoms with Crippen LogP contribution in [0, 0.1) is 5.92 Å². The van der Waals surface area contributed by atoms with Crippen molar-refractivity contribution in [2.75, 3.05) is 32.1 Å². The summed E-state index contributed by atoms with van der Waals surface area (Å²) in [7, 11) is 1.35. The first-order chi connectivity index (χ1) is 14.1. The second kappa shape index (κ2) is 10.1. The smallest absolute Gasteiger partial charge is 0.412 e. The molecule has 1 aliphatic heterocycles. The molecule has 2 amide bonds. The molecule has 9 heteroatoms. The van der Waals surface area contributed by atoms with Crippen LogP contribution in [0.25, 0.3) is 0 Å². The number of rotatable bonds is 5. The third-order valence-electron chi connectivity index (χ3n) is 4.47. The van der Waals surface area contributed by atoms with Crippen molar-refractivity contribution < 1.29 is 33.4 Å². The summed E-state index contributed by atoms with van der Waals surface area (Å²) >= 11 is 0. The van der Waals surface area contributed by atoms with Crippen LogP contribution in [0.1, 0.15) is 44.0 Å². The maximum atomic E-state index is 12.2. The highest BCUT2D eigenvalue weighted by Gasteiger charge is 2.28. The number of anilines is 1. The van der Waals surface area contributed by atoms with E-state index in [1.807, 2.05) is 0 Å². The quantitative estimate of drug-likeness (QED) is 0.576. The lowest BCUT2D eigenvalue weighted by Crippen LogP contribution is -2.42. The molecular formula is C21H28N2O7. The number of likely N-dealkylation sites (tertiary alicyclic amines) is 1. The normalized spacial score (nSPS) is 14.6. The second-order valence-electron chi connectivity index (χ2n) is 7.96. The Labute approximate surface area is 175 Å². The van der Waals surface area contributed by atoms with Crippen LogP contribution in [0.2, 0.25) is 0 Å². The van der Waals surface area contributed by atoms with Gasteiger partial charge in [0, 0.05) is 18.8 Å². The molecule has 0 atom stereocenters. The van der Waals surface area contributed by atoms with E-state index in [0.717, 1.165) is 0 Å². The summed E-state index contributed by atoms with van der Waals surface area (Å²) in [5.74, 6) is -1.42. The van der Waals surface area contributed by atoms with Gasteiger partial charge in [-0.3, -0.25) is 14.9 Å². The molecule has 0 bridgehead atoms. The van der Waals surface area contributed by atoms with Crippen molar-refractivity contribution in [2.45, 2.75) is 39.2 Å². The van der Waals surface area contributed by atoms with Crippen molar-refractivity contribution in [3.63, 3.8) is 0 Å². The van der Waals surface area contributed by atoms with E-state index >= 15 is 0 Å². The number of nitrogens with zero attached hydrogens (tertiary/aromatic N) is 1. The Morgan fingerprint density at radius 2 is 1.67 bits per heavy atom. The highest BCUT2D eigenvalue weighted by Crippen LogP contribution is 2.19. The Morgan fingerprint density at radius 3 is 2.20 bits per heavy atom. The standard InChI is InChI=1S/C21H28N2O7/c1-21(2,3)30-20(27)22-16-7-5-14(6-8-16)19(26)29-13-17(24)23-11-9-15(10-12-23)18(25)28-4/h5-8,15H,9-13H2,1-4H3,(H,22,27). The van der Waals surface area contributed by atoms with Gasteiger partial charge >= 0.3 is 18.0 Å². The highest BCUT2D eigenvalue weighted by atomic mass is 16.6. The van der Waals surface area contributed by atoms with E-state index in [2.05, 4.69) is 5.32 Å². The van der Waals surface area contributed by atoms with E-state index in [1.165, 1.54) is 19.2 Å². The topological polar surface area (TPSA) is 111 Å². The summed E-state index contributed by atoms with van der Waals surface area (Å²) in [6.45, 7) is 5.74. The zero-order valence-corrected chi connectivity index (χ0v) is 17.7. The van der Waals surface area contributed by atoms with Gasteiger partial charge in [-0.15, -0.1) is 0 Å². The first-order valence-corrected chi connectivity index (χ1v) is 9.72. The summed E-state index contributed by atoms with van der Waals surface area (Å²) in [6, 6.07) is 6.06. The monoisotopic (exact) mass is 420 g/mol. The summed E-state index contributed by atoms with van der Waals surface area (Å²) in [6.07, 6.45) is 0.455. The van der Waals surface area contributed by atoms with Crippen LogP contribution in [0.15, 0.2) is 24.3 Å². The Hall–Kier alpha value is -3.10. The Balaban J connectivity index is 1.79. The van der Waals surface area contributed by atoms with Gasteiger partial charge < -0.3 is 19.1 Å². The molecule has 9 nitrogen and oxygen atoms in total. The van der Waals surface area contributed by atoms with Crippen molar-refractivity contribution in [1.82, 2.24) is 4.90 Å². The molecule has 0 saturated carbocycles. The van der Waals surface area contributed by atoms with Gasteiger partial charge in [-0.05, 0) is 57.9 Å². The zero-order valence-electron chi connectivity index (χ0n) is 17.7. The first kappa shape index (κ1) is 23.2. The number of nitrogens with one attached hydrogen (secondary N) is 1. The van der Waals surface area contributed by atoms with Crippen LogP contribution in [0.4, 0.5) is 10.5 Å². The minimum Gasteiger partial charge on any atom is -0.469 e. The number of amides is 2. The molecule has 0 aromatic heterocycles. The third-order valence-corrected chi connectivity index (χ3v) is 4.47. The number of esters is 2. The van der Waals surface area contributed by atoms with Gasteiger partial charge in [0.15, 0.2) is 6.61 Å². The van der Waals surface area contributed by atoms with E-state index in [9.17, 15) is 19.2 Å². The second-order valence-corrected chi connectivity index (χ2v) is 7.96. The maximum Gasteiger partial charge on any atom is 0.412 e. The van der Waals surface area contributed by atoms with Crippen molar-refractivity contribution in [3.8, 4) is 0 Å². The lowest BCUT2D eigenvalue weighted by atomic mass is 9.97. The van der Waals surface area contributed by atoms with Gasteiger partial charge in [0.2, 0.25) is 0 Å². The van der Waals surface area contributed by atoms with Gasteiger partial charge in [-0.1, -0.05) is 0 Å². The van der Waals surface area contributed by atoms with E-state index in [0.29, 0.717) is 31.6 Å². The molecule has 1 aromatic carbocycles. The van der Waals surface area contributed by atoms with E-state index in [1.54, 1.807) is 37.8 Å². The number of benzene rings is 1. The minimum atomic E-state index is -0.642. The lowest BCUT2D eigenvalue weighted by Gasteiger charge is -2.30. The van der Waals surface area contributed by atoms with Crippen LogP contribution in [-0.2, 0) is 23.8 Å². The molecule has 1 heterocycles. The molecule has 0 spiro atoms. The minimum absolute atomic E-state index is 0.200. The lowest BCUT2D eigenvalue weighted by molar-refractivity contribution is -0.149. The van der Waals surface area contributed by atoms with Crippen molar-refractivity contribution in [2.24, 2.45) is 5.92 Å². The highest BCUT2D eigenvalue weighted by molar-refractivity contribution is 5.92. The molecule has 1 saturated heterocycles. The number of hydrogen-bond acceptors (Lipinski definition) is 7. The molecule has 164 valence electrons. The summed E-state index contributed by atoms with van der Waals surface area (Å²) in [5.41, 5.74) is 0.0990. The number of carbonyl (C=O) groups excluding carboxylic acids is 4. The summed E-state index contributed by atoms with van der Waals surface area (Å²) < 4.78 is 15.0. The van der Waals surface area contributed by atoms with Crippen molar-refractivity contribution in [1.29, 1.82) is 0 Å². The summed E-state index contributed by atoms with van der Waals surface area (Å²) in [5, 5.41) is 2.57. The molecule has 1 aliphatic rings. The fourth-order valence-corrected chi connectivity index (χ4v) is 2.94.